The molecular weight excluding hydrogens is 150 g/mol. The molecule has 0 heterocycles. The molecule has 70 valence electrons. The lowest BCUT2D eigenvalue weighted by molar-refractivity contribution is 0.104. The summed E-state index contributed by atoms with van der Waals surface area (Å²) < 4.78 is 5.07. The summed E-state index contributed by atoms with van der Waals surface area (Å²) in [5.74, 6) is 2.65. The maximum atomic E-state index is 5.20. The van der Waals surface area contributed by atoms with E-state index in [0.29, 0.717) is 6.04 Å². The third-order valence-corrected chi connectivity index (χ3v) is 1.98. The Bertz CT molecular complexity index is 139. The van der Waals surface area contributed by atoms with Crippen LogP contribution < -0.4 is 0 Å². The van der Waals surface area contributed by atoms with Gasteiger partial charge in [0.2, 0.25) is 0 Å². The number of nitrogens with zero attached hydrogens (tertiary/aromatic N) is 1. The third kappa shape index (κ3) is 4.38. The van der Waals surface area contributed by atoms with Crippen molar-refractivity contribution >= 4 is 0 Å². The number of terminal acetylenes is 1. The lowest BCUT2D eigenvalue weighted by Crippen LogP contribution is -2.36. The van der Waals surface area contributed by atoms with Crippen LogP contribution in [0.4, 0.5) is 0 Å². The van der Waals surface area contributed by atoms with E-state index < -0.39 is 0 Å². The smallest absolute Gasteiger partial charge is 0.0615 e. The summed E-state index contributed by atoms with van der Waals surface area (Å²) >= 11 is 0. The monoisotopic (exact) mass is 169 g/mol. The molecule has 2 heteroatoms. The first kappa shape index (κ1) is 11.5. The molecule has 0 aromatic rings. The van der Waals surface area contributed by atoms with Crippen LogP contribution in [0, 0.1) is 12.3 Å². The molecule has 1 atom stereocenters. The third-order valence-electron chi connectivity index (χ3n) is 1.98. The molecule has 0 N–H and O–H groups in total. The highest BCUT2D eigenvalue weighted by Gasteiger charge is 2.09. The molecule has 0 bridgehead atoms. The van der Waals surface area contributed by atoms with Gasteiger partial charge in [0, 0.05) is 26.1 Å². The van der Waals surface area contributed by atoms with E-state index in [9.17, 15) is 0 Å². The maximum Gasteiger partial charge on any atom is 0.0615 e. The van der Waals surface area contributed by atoms with Gasteiger partial charge in [0.05, 0.1) is 6.61 Å². The van der Waals surface area contributed by atoms with Gasteiger partial charge in [-0.15, -0.1) is 12.3 Å². The number of hydrogen-bond acceptors (Lipinski definition) is 2. The van der Waals surface area contributed by atoms with Gasteiger partial charge in [0.25, 0.3) is 0 Å². The summed E-state index contributed by atoms with van der Waals surface area (Å²) in [5.41, 5.74) is 0. The zero-order chi connectivity index (χ0) is 9.40. The summed E-state index contributed by atoms with van der Waals surface area (Å²) in [6, 6.07) is 0.466. The van der Waals surface area contributed by atoms with Gasteiger partial charge >= 0.3 is 0 Å². The molecule has 0 saturated carbocycles. The highest BCUT2D eigenvalue weighted by atomic mass is 16.5. The van der Waals surface area contributed by atoms with Crippen molar-refractivity contribution in [1.82, 2.24) is 4.90 Å². The number of methoxy groups -OCH3 is 1. The van der Waals surface area contributed by atoms with Crippen LogP contribution in [0.2, 0.25) is 0 Å². The highest BCUT2D eigenvalue weighted by Crippen LogP contribution is 1.99. The molecule has 0 aliphatic carbocycles. The van der Waals surface area contributed by atoms with E-state index >= 15 is 0 Å². The molecule has 0 aliphatic rings. The van der Waals surface area contributed by atoms with Crippen LogP contribution in [0.1, 0.15) is 20.3 Å². The molecule has 0 fully saturated rings. The molecule has 0 aromatic heterocycles. The Balaban J connectivity index is 3.72. The minimum Gasteiger partial charge on any atom is -0.383 e. The first-order valence-corrected chi connectivity index (χ1v) is 4.42. The number of likely N-dealkylation sites (N-methyl/N-ethyl adjacent to an activating group) is 1. The molecule has 12 heavy (non-hydrogen) atoms. The van der Waals surface area contributed by atoms with E-state index in [4.69, 9.17) is 11.2 Å². The molecule has 2 nitrogen and oxygen atoms in total. The van der Waals surface area contributed by atoms with Gasteiger partial charge < -0.3 is 4.74 Å². The van der Waals surface area contributed by atoms with Crippen LogP contribution in [-0.4, -0.2) is 37.7 Å². The molecule has 0 spiro atoms. The molecule has 0 saturated heterocycles. The average molecular weight is 169 g/mol. The zero-order valence-electron chi connectivity index (χ0n) is 8.34. The fraction of sp³-hybridized carbons (Fsp3) is 0.800. The molecule has 0 aliphatic heterocycles. The molecule has 0 radical (unpaired) electrons. The van der Waals surface area contributed by atoms with Crippen molar-refractivity contribution in [3.8, 4) is 12.3 Å². The second-order valence-electron chi connectivity index (χ2n) is 2.89. The fourth-order valence-electron chi connectivity index (χ4n) is 1.24. The van der Waals surface area contributed by atoms with Crippen LogP contribution >= 0.6 is 0 Å². The standard InChI is InChI=1S/C10H19NO/c1-5-7-8-11(6-2)10(3)9-12-4/h1,10H,6-9H2,2-4H3. The quantitative estimate of drug-likeness (QED) is 0.557. The predicted molar refractivity (Wildman–Crippen MR) is 52.0 cm³/mol. The SMILES string of the molecule is C#CCCN(CC)C(C)COC. The second-order valence-corrected chi connectivity index (χ2v) is 2.89. The molecule has 0 rings (SSSR count). The van der Waals surface area contributed by atoms with E-state index in [0.717, 1.165) is 26.1 Å². The number of ether oxygens (including phenoxy) is 1. The second kappa shape index (κ2) is 7.15. The fourth-order valence-corrected chi connectivity index (χ4v) is 1.24. The number of rotatable bonds is 6. The van der Waals surface area contributed by atoms with Crippen molar-refractivity contribution in [2.45, 2.75) is 26.3 Å². The summed E-state index contributed by atoms with van der Waals surface area (Å²) in [5, 5.41) is 0. The van der Waals surface area contributed by atoms with Crippen LogP contribution in [0.5, 0.6) is 0 Å². The minimum absolute atomic E-state index is 0.466. The summed E-state index contributed by atoms with van der Waals surface area (Å²) in [6.07, 6.45) is 6.02. The van der Waals surface area contributed by atoms with Crippen molar-refractivity contribution in [3.63, 3.8) is 0 Å². The van der Waals surface area contributed by atoms with Gasteiger partial charge in [-0.3, -0.25) is 4.90 Å². The van der Waals surface area contributed by atoms with Gasteiger partial charge in [0.1, 0.15) is 0 Å². The van der Waals surface area contributed by atoms with E-state index in [2.05, 4.69) is 24.7 Å². The first-order chi connectivity index (χ1) is 5.76. The number of hydrogen-bond donors (Lipinski definition) is 0. The Hall–Kier alpha value is -0.520. The highest BCUT2D eigenvalue weighted by molar-refractivity contribution is 4.85. The average Bonchev–Trinajstić information content (AvgIpc) is 2.06. The molecule has 0 amide bonds. The van der Waals surface area contributed by atoms with Crippen molar-refractivity contribution in [1.29, 1.82) is 0 Å². The van der Waals surface area contributed by atoms with Gasteiger partial charge in [-0.05, 0) is 13.5 Å². The first-order valence-electron chi connectivity index (χ1n) is 4.42. The van der Waals surface area contributed by atoms with Gasteiger partial charge in [-0.1, -0.05) is 6.92 Å². The van der Waals surface area contributed by atoms with E-state index in [1.54, 1.807) is 7.11 Å². The topological polar surface area (TPSA) is 12.5 Å². The zero-order valence-corrected chi connectivity index (χ0v) is 8.34. The van der Waals surface area contributed by atoms with Gasteiger partial charge in [0.15, 0.2) is 0 Å². The van der Waals surface area contributed by atoms with Crippen LogP contribution in [0.3, 0.4) is 0 Å². The Kier molecular flexibility index (Phi) is 6.84. The Morgan fingerprint density at radius 2 is 2.25 bits per heavy atom. The van der Waals surface area contributed by atoms with E-state index in [1.807, 2.05) is 0 Å². The van der Waals surface area contributed by atoms with E-state index in [-0.39, 0.29) is 0 Å². The normalized spacial score (nSPS) is 12.9. The lowest BCUT2D eigenvalue weighted by Gasteiger charge is -2.26. The van der Waals surface area contributed by atoms with Crippen molar-refractivity contribution in [3.05, 3.63) is 0 Å². The van der Waals surface area contributed by atoms with Crippen LogP contribution in [0.25, 0.3) is 0 Å². The molecule has 0 aromatic carbocycles. The molecule has 1 unspecified atom stereocenters. The summed E-state index contributed by atoms with van der Waals surface area (Å²) in [4.78, 5) is 2.32. The summed E-state index contributed by atoms with van der Waals surface area (Å²) in [6.45, 7) is 7.08. The van der Waals surface area contributed by atoms with Gasteiger partial charge in [-0.25, -0.2) is 0 Å². The van der Waals surface area contributed by atoms with Crippen molar-refractivity contribution in [2.24, 2.45) is 0 Å². The van der Waals surface area contributed by atoms with Crippen molar-refractivity contribution in [2.75, 3.05) is 26.8 Å². The van der Waals surface area contributed by atoms with Gasteiger partial charge in [-0.2, -0.15) is 0 Å². The summed E-state index contributed by atoms with van der Waals surface area (Å²) in [7, 11) is 1.73. The van der Waals surface area contributed by atoms with E-state index in [1.165, 1.54) is 0 Å². The van der Waals surface area contributed by atoms with Crippen LogP contribution in [-0.2, 0) is 4.74 Å². The lowest BCUT2D eigenvalue weighted by atomic mass is 10.2. The Labute approximate surface area is 75.9 Å². The van der Waals surface area contributed by atoms with Crippen LogP contribution in [0.15, 0.2) is 0 Å². The molecular formula is C10H19NO. The van der Waals surface area contributed by atoms with Crippen molar-refractivity contribution < 1.29 is 4.74 Å². The Morgan fingerprint density at radius 3 is 2.67 bits per heavy atom. The minimum atomic E-state index is 0.466. The largest absolute Gasteiger partial charge is 0.383 e. The Morgan fingerprint density at radius 1 is 1.58 bits per heavy atom. The maximum absolute atomic E-state index is 5.20. The predicted octanol–water partition coefficient (Wildman–Crippen LogP) is 1.37.